The molecule has 7 heteroatoms. The second kappa shape index (κ2) is 8.18. The average molecular weight is 423 g/mol. The molecule has 4 aromatic rings. The zero-order chi connectivity index (χ0) is 19.6. The molecule has 0 aromatic carbocycles. The third-order valence-corrected chi connectivity index (χ3v) is 7.28. The Balaban J connectivity index is 1.50. The van der Waals surface area contributed by atoms with Gasteiger partial charge in [0.2, 0.25) is 5.88 Å². The van der Waals surface area contributed by atoms with Gasteiger partial charge in [-0.1, -0.05) is 6.07 Å². The number of fused-ring (bicyclic) bond motifs is 3. The van der Waals surface area contributed by atoms with Gasteiger partial charge >= 0.3 is 0 Å². The Morgan fingerprint density at radius 1 is 1.10 bits per heavy atom. The van der Waals surface area contributed by atoms with E-state index in [4.69, 9.17) is 20.4 Å². The lowest BCUT2D eigenvalue weighted by Crippen LogP contribution is -2.30. The lowest BCUT2D eigenvalue weighted by atomic mass is 9.97. The molecule has 0 saturated heterocycles. The molecule has 0 radical (unpaired) electrons. The minimum absolute atomic E-state index is 0.0718. The van der Waals surface area contributed by atoms with E-state index in [9.17, 15) is 0 Å². The van der Waals surface area contributed by atoms with E-state index >= 15 is 0 Å². The first-order chi connectivity index (χ1) is 14.3. The van der Waals surface area contributed by atoms with Gasteiger partial charge in [0.1, 0.15) is 11.4 Å². The smallest absolute Gasteiger partial charge is 0.226 e. The largest absolute Gasteiger partial charge is 0.475 e. The molecule has 2 N–H and O–H groups in total. The van der Waals surface area contributed by atoms with Gasteiger partial charge in [-0.2, -0.15) is 4.98 Å². The molecule has 5 rings (SSSR count). The highest BCUT2D eigenvalue weighted by Gasteiger charge is 2.23. The van der Waals surface area contributed by atoms with E-state index in [1.807, 2.05) is 12.1 Å². The number of ether oxygens (including phenoxy) is 1. The molecule has 4 heterocycles. The Morgan fingerprint density at radius 3 is 2.79 bits per heavy atom. The van der Waals surface area contributed by atoms with Crippen molar-refractivity contribution >= 4 is 32.9 Å². The van der Waals surface area contributed by atoms with Crippen LogP contribution < -0.4 is 10.5 Å². The van der Waals surface area contributed by atoms with Crippen LogP contribution in [0.1, 0.15) is 28.2 Å². The summed E-state index contributed by atoms with van der Waals surface area (Å²) in [7, 11) is 0. The SMILES string of the molecule is N[C@H](COc1nc(-c2ccncc2)nc2sc3c(c12)CCCC3)Cc1cccs1. The van der Waals surface area contributed by atoms with Gasteiger partial charge in [-0.05, 0) is 54.8 Å². The quantitative estimate of drug-likeness (QED) is 0.490. The summed E-state index contributed by atoms with van der Waals surface area (Å²) in [5.41, 5.74) is 8.67. The third kappa shape index (κ3) is 3.90. The van der Waals surface area contributed by atoms with Crippen LogP contribution in [0.2, 0.25) is 0 Å². The highest BCUT2D eigenvalue weighted by Crippen LogP contribution is 2.40. The number of hydrogen-bond donors (Lipinski definition) is 1. The molecule has 0 fully saturated rings. The van der Waals surface area contributed by atoms with Crippen LogP contribution in [0.15, 0.2) is 42.0 Å². The summed E-state index contributed by atoms with van der Waals surface area (Å²) in [6.45, 7) is 0.435. The molecule has 4 aromatic heterocycles. The number of aromatic nitrogens is 3. The molecular weight excluding hydrogens is 400 g/mol. The first kappa shape index (κ1) is 18.7. The van der Waals surface area contributed by atoms with Crippen LogP contribution >= 0.6 is 22.7 Å². The summed E-state index contributed by atoms with van der Waals surface area (Å²) in [5.74, 6) is 1.35. The molecule has 0 aliphatic heterocycles. The van der Waals surface area contributed by atoms with E-state index in [0.29, 0.717) is 18.3 Å². The maximum atomic E-state index is 6.35. The fourth-order valence-corrected chi connectivity index (χ4v) is 5.84. The highest BCUT2D eigenvalue weighted by molar-refractivity contribution is 7.18. The Kier molecular flexibility index (Phi) is 5.26. The van der Waals surface area contributed by atoms with Crippen LogP contribution in [-0.4, -0.2) is 27.6 Å². The van der Waals surface area contributed by atoms with Crippen molar-refractivity contribution in [3.05, 3.63) is 57.4 Å². The Labute approximate surface area is 177 Å². The van der Waals surface area contributed by atoms with Crippen molar-refractivity contribution in [3.8, 4) is 17.3 Å². The van der Waals surface area contributed by atoms with E-state index < -0.39 is 0 Å². The molecule has 0 spiro atoms. The lowest BCUT2D eigenvalue weighted by molar-refractivity contribution is 0.281. The van der Waals surface area contributed by atoms with Crippen molar-refractivity contribution in [2.24, 2.45) is 5.73 Å². The number of aryl methyl sites for hydroxylation is 2. The molecule has 0 bridgehead atoms. The summed E-state index contributed by atoms with van der Waals surface area (Å²) in [6.07, 6.45) is 8.99. The van der Waals surface area contributed by atoms with Gasteiger partial charge in [0.15, 0.2) is 5.82 Å². The molecule has 5 nitrogen and oxygen atoms in total. The second-order valence-electron chi connectivity index (χ2n) is 7.33. The van der Waals surface area contributed by atoms with Crippen molar-refractivity contribution < 1.29 is 4.74 Å². The summed E-state index contributed by atoms with van der Waals surface area (Å²) < 4.78 is 6.24. The number of thiophene rings is 2. The number of hydrogen-bond acceptors (Lipinski definition) is 7. The molecule has 0 amide bonds. The minimum Gasteiger partial charge on any atom is -0.475 e. The normalized spacial score (nSPS) is 14.7. The van der Waals surface area contributed by atoms with Crippen LogP contribution in [0.25, 0.3) is 21.6 Å². The van der Waals surface area contributed by atoms with E-state index in [1.165, 1.54) is 28.2 Å². The number of nitrogens with zero attached hydrogens (tertiary/aromatic N) is 3. The first-order valence-corrected chi connectivity index (χ1v) is 11.6. The van der Waals surface area contributed by atoms with Gasteiger partial charge in [-0.15, -0.1) is 22.7 Å². The molecule has 0 unspecified atom stereocenters. The number of pyridine rings is 1. The van der Waals surface area contributed by atoms with Crippen LogP contribution in [0.3, 0.4) is 0 Å². The molecule has 29 heavy (non-hydrogen) atoms. The predicted octanol–water partition coefficient (Wildman–Crippen LogP) is 4.64. The van der Waals surface area contributed by atoms with E-state index in [2.05, 4.69) is 22.5 Å². The molecule has 1 atom stereocenters. The minimum atomic E-state index is -0.0718. The maximum absolute atomic E-state index is 6.35. The Bertz CT molecular complexity index is 1110. The third-order valence-electron chi connectivity index (χ3n) is 5.20. The van der Waals surface area contributed by atoms with Crippen LogP contribution in [0, 0.1) is 0 Å². The van der Waals surface area contributed by atoms with Crippen molar-refractivity contribution in [2.45, 2.75) is 38.1 Å². The van der Waals surface area contributed by atoms with Crippen molar-refractivity contribution in [2.75, 3.05) is 6.61 Å². The Morgan fingerprint density at radius 2 is 1.97 bits per heavy atom. The van der Waals surface area contributed by atoms with Gasteiger partial charge < -0.3 is 10.5 Å². The van der Waals surface area contributed by atoms with Gasteiger partial charge in [0.05, 0.1) is 5.39 Å². The Hall–Kier alpha value is -2.35. The van der Waals surface area contributed by atoms with Crippen LogP contribution in [-0.2, 0) is 19.3 Å². The van der Waals surface area contributed by atoms with E-state index in [-0.39, 0.29) is 6.04 Å². The standard InChI is InChI=1S/C22H22N4OS2/c23-15(12-16-4-3-11-28-16)13-27-21-19-17-5-1-2-6-18(17)29-22(19)26-20(25-21)14-7-9-24-10-8-14/h3-4,7-11,15H,1-2,5-6,12-13,23H2/t15-/m0/s1. The summed E-state index contributed by atoms with van der Waals surface area (Å²) >= 11 is 3.51. The van der Waals surface area contributed by atoms with Crippen molar-refractivity contribution in [1.82, 2.24) is 15.0 Å². The zero-order valence-corrected chi connectivity index (χ0v) is 17.6. The average Bonchev–Trinajstić information content (AvgIpc) is 3.39. The topological polar surface area (TPSA) is 73.9 Å². The van der Waals surface area contributed by atoms with Gasteiger partial charge in [-0.3, -0.25) is 4.98 Å². The second-order valence-corrected chi connectivity index (χ2v) is 9.45. The lowest BCUT2D eigenvalue weighted by Gasteiger charge is -2.15. The molecule has 1 aliphatic rings. The van der Waals surface area contributed by atoms with Gasteiger partial charge in [0.25, 0.3) is 0 Å². The summed E-state index contributed by atoms with van der Waals surface area (Å²) in [4.78, 5) is 17.5. The fourth-order valence-electron chi connectivity index (χ4n) is 3.79. The van der Waals surface area contributed by atoms with Crippen molar-refractivity contribution in [3.63, 3.8) is 0 Å². The predicted molar refractivity (Wildman–Crippen MR) is 119 cm³/mol. The first-order valence-electron chi connectivity index (χ1n) is 9.91. The monoisotopic (exact) mass is 422 g/mol. The summed E-state index contributed by atoms with van der Waals surface area (Å²) in [6, 6.07) is 7.96. The van der Waals surface area contributed by atoms with Crippen molar-refractivity contribution in [1.29, 1.82) is 0 Å². The van der Waals surface area contributed by atoms with Gasteiger partial charge in [-0.25, -0.2) is 4.98 Å². The molecule has 148 valence electrons. The van der Waals surface area contributed by atoms with E-state index in [1.54, 1.807) is 35.1 Å². The molecular formula is C22H22N4OS2. The number of rotatable bonds is 6. The van der Waals surface area contributed by atoms with E-state index in [0.717, 1.165) is 35.0 Å². The molecule has 0 saturated carbocycles. The maximum Gasteiger partial charge on any atom is 0.226 e. The van der Waals surface area contributed by atoms with Crippen LogP contribution in [0.4, 0.5) is 0 Å². The summed E-state index contributed by atoms with van der Waals surface area (Å²) in [5, 5.41) is 3.17. The highest BCUT2D eigenvalue weighted by atomic mass is 32.1. The van der Waals surface area contributed by atoms with Crippen LogP contribution in [0.5, 0.6) is 5.88 Å². The van der Waals surface area contributed by atoms with Gasteiger partial charge in [0, 0.05) is 40.2 Å². The fraction of sp³-hybridized carbons (Fsp3) is 0.318. The number of nitrogens with two attached hydrogens (primary N) is 1. The molecule has 1 aliphatic carbocycles. The zero-order valence-electron chi connectivity index (χ0n) is 16.0.